The molecule has 1 fully saturated rings. The third-order valence-electron chi connectivity index (χ3n) is 2.99. The van der Waals surface area contributed by atoms with Crippen LogP contribution < -0.4 is 10.1 Å². The molecule has 4 nitrogen and oxygen atoms in total. The van der Waals surface area contributed by atoms with Crippen LogP contribution in [-0.2, 0) is 11.4 Å². The lowest BCUT2D eigenvalue weighted by molar-refractivity contribution is -0.127. The topological polar surface area (TPSA) is 58.6 Å². The molecule has 6 heteroatoms. The van der Waals surface area contributed by atoms with Crippen LogP contribution in [0.15, 0.2) is 12.1 Å². The van der Waals surface area contributed by atoms with Crippen molar-refractivity contribution in [3.8, 4) is 5.75 Å². The van der Waals surface area contributed by atoms with Gasteiger partial charge < -0.3 is 15.2 Å². The Hall–Kier alpha value is -1.69. The Labute approximate surface area is 109 Å². The maximum atomic E-state index is 13.7. The first-order valence-corrected chi connectivity index (χ1v) is 6.15. The lowest BCUT2D eigenvalue weighted by Gasteiger charge is -2.17. The van der Waals surface area contributed by atoms with E-state index in [1.54, 1.807) is 0 Å². The van der Waals surface area contributed by atoms with E-state index in [0.29, 0.717) is 13.0 Å². The molecule has 1 aromatic carbocycles. The predicted octanol–water partition coefficient (Wildman–Crippen LogP) is 1.50. The first-order chi connectivity index (χ1) is 9.11. The number of hydrogen-bond donors (Lipinski definition) is 2. The van der Waals surface area contributed by atoms with Gasteiger partial charge in [-0.25, -0.2) is 8.78 Å². The van der Waals surface area contributed by atoms with Crippen molar-refractivity contribution in [3.05, 3.63) is 29.3 Å². The lowest BCUT2D eigenvalue weighted by atomic mass is 10.1. The normalized spacial score (nSPS) is 19.7. The summed E-state index contributed by atoms with van der Waals surface area (Å²) in [6.07, 6.45) is 1.11. The van der Waals surface area contributed by atoms with Gasteiger partial charge in [-0.05, 0) is 37.0 Å². The predicted molar refractivity (Wildman–Crippen MR) is 63.6 cm³/mol. The fourth-order valence-electron chi connectivity index (χ4n) is 1.98. The molecular weight excluding hydrogens is 256 g/mol. The second-order valence-electron chi connectivity index (χ2n) is 4.44. The van der Waals surface area contributed by atoms with Crippen molar-refractivity contribution in [2.45, 2.75) is 32.0 Å². The number of amides is 1. The Morgan fingerprint density at radius 3 is 2.63 bits per heavy atom. The maximum Gasteiger partial charge on any atom is 0.261 e. The van der Waals surface area contributed by atoms with Gasteiger partial charge in [-0.3, -0.25) is 4.79 Å². The molecule has 1 aliphatic rings. The molecule has 1 saturated heterocycles. The van der Waals surface area contributed by atoms with Crippen molar-refractivity contribution >= 4 is 5.91 Å². The molecular formula is C13H15F2NO3. The fourth-order valence-corrected chi connectivity index (χ4v) is 1.98. The standard InChI is InChI=1S/C13H15F2NO3/c14-9-5-8(7-17)6-10(15)12(9)19-11-3-1-2-4-16-13(11)18/h5-6,11,17H,1-4,7H2,(H,16,18). The number of carbonyl (C=O) groups excluding carboxylic acids is 1. The highest BCUT2D eigenvalue weighted by Crippen LogP contribution is 2.26. The summed E-state index contributed by atoms with van der Waals surface area (Å²) in [4.78, 5) is 11.6. The molecule has 1 aromatic rings. The Morgan fingerprint density at radius 2 is 2.00 bits per heavy atom. The van der Waals surface area contributed by atoms with Gasteiger partial charge in [0, 0.05) is 6.54 Å². The molecule has 1 unspecified atom stereocenters. The minimum Gasteiger partial charge on any atom is -0.474 e. The molecule has 1 heterocycles. The molecule has 2 rings (SSSR count). The van der Waals surface area contributed by atoms with Crippen LogP contribution in [0.4, 0.5) is 8.78 Å². The van der Waals surface area contributed by atoms with Gasteiger partial charge in [0.05, 0.1) is 6.61 Å². The first kappa shape index (κ1) is 13.7. The lowest BCUT2D eigenvalue weighted by Crippen LogP contribution is -2.36. The fraction of sp³-hybridized carbons (Fsp3) is 0.462. The highest BCUT2D eigenvalue weighted by atomic mass is 19.1. The van der Waals surface area contributed by atoms with E-state index in [9.17, 15) is 13.6 Å². The van der Waals surface area contributed by atoms with Crippen LogP contribution in [0.5, 0.6) is 5.75 Å². The molecule has 0 radical (unpaired) electrons. The van der Waals surface area contributed by atoms with E-state index in [2.05, 4.69) is 5.32 Å². The molecule has 0 aromatic heterocycles. The van der Waals surface area contributed by atoms with Crippen molar-refractivity contribution in [3.63, 3.8) is 0 Å². The smallest absolute Gasteiger partial charge is 0.261 e. The van der Waals surface area contributed by atoms with E-state index in [4.69, 9.17) is 9.84 Å². The van der Waals surface area contributed by atoms with Crippen LogP contribution in [-0.4, -0.2) is 23.7 Å². The van der Waals surface area contributed by atoms with Crippen LogP contribution >= 0.6 is 0 Å². The number of halogens is 2. The van der Waals surface area contributed by atoms with Crippen LogP contribution in [0, 0.1) is 11.6 Å². The van der Waals surface area contributed by atoms with Crippen LogP contribution in [0.1, 0.15) is 24.8 Å². The van der Waals surface area contributed by atoms with Crippen molar-refractivity contribution in [2.24, 2.45) is 0 Å². The highest BCUT2D eigenvalue weighted by molar-refractivity contribution is 5.81. The Balaban J connectivity index is 2.20. The molecule has 0 bridgehead atoms. The first-order valence-electron chi connectivity index (χ1n) is 6.15. The van der Waals surface area contributed by atoms with E-state index in [0.717, 1.165) is 25.0 Å². The maximum absolute atomic E-state index is 13.7. The quantitative estimate of drug-likeness (QED) is 0.876. The summed E-state index contributed by atoms with van der Waals surface area (Å²) in [7, 11) is 0. The number of ether oxygens (including phenoxy) is 1. The van der Waals surface area contributed by atoms with E-state index in [1.807, 2.05) is 0 Å². The van der Waals surface area contributed by atoms with Gasteiger partial charge in [-0.1, -0.05) is 0 Å². The van der Waals surface area contributed by atoms with E-state index >= 15 is 0 Å². The number of benzene rings is 1. The van der Waals surface area contributed by atoms with Gasteiger partial charge in [-0.15, -0.1) is 0 Å². The van der Waals surface area contributed by atoms with Gasteiger partial charge in [0.25, 0.3) is 5.91 Å². The number of rotatable bonds is 3. The van der Waals surface area contributed by atoms with Gasteiger partial charge in [0.2, 0.25) is 0 Å². The van der Waals surface area contributed by atoms with Crippen LogP contribution in [0.25, 0.3) is 0 Å². The zero-order chi connectivity index (χ0) is 13.8. The van der Waals surface area contributed by atoms with Gasteiger partial charge in [0.15, 0.2) is 23.5 Å². The summed E-state index contributed by atoms with van der Waals surface area (Å²) < 4.78 is 32.5. The van der Waals surface area contributed by atoms with E-state index < -0.39 is 30.1 Å². The van der Waals surface area contributed by atoms with Crippen LogP contribution in [0.3, 0.4) is 0 Å². The molecule has 0 spiro atoms. The van der Waals surface area contributed by atoms with Gasteiger partial charge >= 0.3 is 0 Å². The van der Waals surface area contributed by atoms with Crippen molar-refractivity contribution in [2.75, 3.05) is 6.54 Å². The van der Waals surface area contributed by atoms with E-state index in [1.165, 1.54) is 0 Å². The number of nitrogens with one attached hydrogen (secondary N) is 1. The third kappa shape index (κ3) is 3.20. The number of hydrogen-bond acceptors (Lipinski definition) is 3. The van der Waals surface area contributed by atoms with Crippen LogP contribution in [0.2, 0.25) is 0 Å². The minimum atomic E-state index is -0.916. The number of carbonyl (C=O) groups is 1. The Kier molecular flexibility index (Phi) is 4.31. The summed E-state index contributed by atoms with van der Waals surface area (Å²) in [6.45, 7) is 0.0884. The monoisotopic (exact) mass is 271 g/mol. The molecule has 2 N–H and O–H groups in total. The zero-order valence-corrected chi connectivity index (χ0v) is 10.3. The summed E-state index contributed by atoms with van der Waals surface area (Å²) in [5.41, 5.74) is 0.118. The van der Waals surface area contributed by atoms with Crippen molar-refractivity contribution < 1.29 is 23.4 Å². The van der Waals surface area contributed by atoms with Gasteiger partial charge in [0.1, 0.15) is 0 Å². The Bertz CT molecular complexity index is 456. The second kappa shape index (κ2) is 5.97. The summed E-state index contributed by atoms with van der Waals surface area (Å²) in [6, 6.07) is 1.99. The highest BCUT2D eigenvalue weighted by Gasteiger charge is 2.25. The minimum absolute atomic E-state index is 0.118. The Morgan fingerprint density at radius 1 is 1.32 bits per heavy atom. The average Bonchev–Trinajstić information content (AvgIpc) is 2.58. The average molecular weight is 271 g/mol. The molecule has 0 aliphatic carbocycles. The summed E-state index contributed by atoms with van der Waals surface area (Å²) >= 11 is 0. The SMILES string of the molecule is O=C1NCCCCC1Oc1c(F)cc(CO)cc1F. The van der Waals surface area contributed by atoms with Crippen molar-refractivity contribution in [1.29, 1.82) is 0 Å². The third-order valence-corrected chi connectivity index (χ3v) is 2.99. The summed E-state index contributed by atoms with van der Waals surface area (Å²) in [5.74, 6) is -2.76. The molecule has 1 aliphatic heterocycles. The molecule has 104 valence electrons. The van der Waals surface area contributed by atoms with E-state index in [-0.39, 0.29) is 11.5 Å². The van der Waals surface area contributed by atoms with Crippen molar-refractivity contribution in [1.82, 2.24) is 5.32 Å². The molecule has 1 amide bonds. The molecule has 1 atom stereocenters. The van der Waals surface area contributed by atoms with Gasteiger partial charge in [-0.2, -0.15) is 0 Å². The number of aliphatic hydroxyl groups is 1. The second-order valence-corrected chi connectivity index (χ2v) is 4.44. The number of aliphatic hydroxyl groups excluding tert-OH is 1. The zero-order valence-electron chi connectivity index (χ0n) is 10.3. The molecule has 0 saturated carbocycles. The largest absolute Gasteiger partial charge is 0.474 e. The summed E-state index contributed by atoms with van der Waals surface area (Å²) in [5, 5.41) is 11.5. The molecule has 19 heavy (non-hydrogen) atoms.